The van der Waals surface area contributed by atoms with Crippen LogP contribution >= 0.6 is 0 Å². The second kappa shape index (κ2) is 6.52. The third-order valence-corrected chi connectivity index (χ3v) is 3.31. The van der Waals surface area contributed by atoms with Crippen molar-refractivity contribution in [2.45, 2.75) is 25.8 Å². The largest absolute Gasteiger partial charge is 0.480 e. The molecule has 5 heteroatoms. The molecule has 104 valence electrons. The third-order valence-electron chi connectivity index (χ3n) is 3.31. The van der Waals surface area contributed by atoms with Crippen LogP contribution in [0.25, 0.3) is 0 Å². The lowest BCUT2D eigenvalue weighted by Gasteiger charge is -2.29. The number of piperidine rings is 1. The number of anilines is 1. The van der Waals surface area contributed by atoms with Crippen molar-refractivity contribution in [2.24, 2.45) is 0 Å². The number of halogens is 1. The zero-order valence-corrected chi connectivity index (χ0v) is 10.9. The first kappa shape index (κ1) is 13.8. The minimum Gasteiger partial charge on any atom is -0.480 e. The summed E-state index contributed by atoms with van der Waals surface area (Å²) in [6.45, 7) is 2.13. The third kappa shape index (κ3) is 3.92. The molecule has 1 heterocycles. The summed E-state index contributed by atoms with van der Waals surface area (Å²) in [6.07, 6.45) is 3.40. The van der Waals surface area contributed by atoms with Crippen molar-refractivity contribution >= 4 is 11.7 Å². The Hall–Kier alpha value is -1.62. The van der Waals surface area contributed by atoms with E-state index in [9.17, 15) is 9.18 Å². The van der Waals surface area contributed by atoms with Crippen molar-refractivity contribution in [2.75, 3.05) is 24.5 Å². The van der Waals surface area contributed by atoms with Gasteiger partial charge in [-0.05, 0) is 37.0 Å². The Bertz CT molecular complexity index is 445. The van der Waals surface area contributed by atoms with Crippen LogP contribution in [0.2, 0.25) is 0 Å². The summed E-state index contributed by atoms with van der Waals surface area (Å²) < 4.78 is 13.8. The minimum atomic E-state index is -0.890. The van der Waals surface area contributed by atoms with Crippen LogP contribution in [0.5, 0.6) is 0 Å². The normalized spacial score (nSPS) is 15.5. The van der Waals surface area contributed by atoms with E-state index in [-0.39, 0.29) is 12.4 Å². The fourth-order valence-electron chi connectivity index (χ4n) is 2.36. The minimum absolute atomic E-state index is 0.0869. The molecule has 1 aliphatic heterocycles. The maximum Gasteiger partial charge on any atom is 0.317 e. The molecule has 0 saturated carbocycles. The number of benzene rings is 1. The van der Waals surface area contributed by atoms with E-state index >= 15 is 0 Å². The van der Waals surface area contributed by atoms with E-state index in [1.54, 1.807) is 6.07 Å². The van der Waals surface area contributed by atoms with Crippen LogP contribution in [-0.4, -0.2) is 30.7 Å². The number of aliphatic carboxylic acids is 1. The van der Waals surface area contributed by atoms with Gasteiger partial charge in [-0.15, -0.1) is 0 Å². The van der Waals surface area contributed by atoms with Crippen LogP contribution in [0.15, 0.2) is 18.2 Å². The predicted octanol–water partition coefficient (Wildman–Crippen LogP) is 1.99. The van der Waals surface area contributed by atoms with Gasteiger partial charge in [0, 0.05) is 19.6 Å². The van der Waals surface area contributed by atoms with Gasteiger partial charge in [0.05, 0.1) is 12.2 Å². The maximum absolute atomic E-state index is 13.8. The molecule has 0 amide bonds. The first-order valence-corrected chi connectivity index (χ1v) is 6.63. The van der Waals surface area contributed by atoms with Crippen molar-refractivity contribution in [1.29, 1.82) is 0 Å². The average Bonchev–Trinajstić information content (AvgIpc) is 2.41. The van der Waals surface area contributed by atoms with Crippen LogP contribution < -0.4 is 10.2 Å². The van der Waals surface area contributed by atoms with Gasteiger partial charge in [-0.2, -0.15) is 0 Å². The Morgan fingerprint density at radius 1 is 1.32 bits per heavy atom. The van der Waals surface area contributed by atoms with E-state index in [4.69, 9.17) is 5.11 Å². The van der Waals surface area contributed by atoms with E-state index in [1.807, 2.05) is 6.07 Å². The van der Waals surface area contributed by atoms with Crippen LogP contribution in [0, 0.1) is 5.82 Å². The van der Waals surface area contributed by atoms with Crippen molar-refractivity contribution in [3.05, 3.63) is 29.6 Å². The monoisotopic (exact) mass is 266 g/mol. The van der Waals surface area contributed by atoms with Gasteiger partial charge in [0.2, 0.25) is 0 Å². The fraction of sp³-hybridized carbons (Fsp3) is 0.500. The number of hydrogen-bond donors (Lipinski definition) is 2. The van der Waals surface area contributed by atoms with Crippen molar-refractivity contribution < 1.29 is 14.3 Å². The van der Waals surface area contributed by atoms with E-state index in [0.29, 0.717) is 12.2 Å². The van der Waals surface area contributed by atoms with E-state index in [2.05, 4.69) is 10.2 Å². The highest BCUT2D eigenvalue weighted by Crippen LogP contribution is 2.24. The highest BCUT2D eigenvalue weighted by atomic mass is 19.1. The summed E-state index contributed by atoms with van der Waals surface area (Å²) in [5.41, 5.74) is 1.54. The van der Waals surface area contributed by atoms with Gasteiger partial charge < -0.3 is 15.3 Å². The van der Waals surface area contributed by atoms with E-state index in [0.717, 1.165) is 31.5 Å². The number of carboxylic acid groups (broad SMARTS) is 1. The zero-order chi connectivity index (χ0) is 13.7. The van der Waals surface area contributed by atoms with Gasteiger partial charge in [-0.3, -0.25) is 4.79 Å². The molecule has 1 fully saturated rings. The van der Waals surface area contributed by atoms with Crippen LogP contribution in [-0.2, 0) is 11.3 Å². The van der Waals surface area contributed by atoms with Gasteiger partial charge in [-0.25, -0.2) is 4.39 Å². The number of nitrogens with zero attached hydrogens (tertiary/aromatic N) is 1. The summed E-state index contributed by atoms with van der Waals surface area (Å²) >= 11 is 0. The van der Waals surface area contributed by atoms with Crippen molar-refractivity contribution in [3.63, 3.8) is 0 Å². The Balaban J connectivity index is 2.03. The molecule has 0 spiro atoms. The molecule has 1 saturated heterocycles. The standard InChI is InChI=1S/C14H19FN2O2/c15-12-5-4-11(9-16-10-14(18)19)8-13(12)17-6-2-1-3-7-17/h4-5,8,16H,1-3,6-7,9-10H2,(H,18,19). The lowest BCUT2D eigenvalue weighted by atomic mass is 10.1. The Morgan fingerprint density at radius 2 is 2.05 bits per heavy atom. The molecule has 2 rings (SSSR count). The summed E-state index contributed by atoms with van der Waals surface area (Å²) in [4.78, 5) is 12.5. The summed E-state index contributed by atoms with van der Waals surface area (Å²) in [5.74, 6) is -1.10. The SMILES string of the molecule is O=C(O)CNCc1ccc(F)c(N2CCCCC2)c1. The second-order valence-electron chi connectivity index (χ2n) is 4.83. The molecular formula is C14H19FN2O2. The lowest BCUT2D eigenvalue weighted by molar-refractivity contribution is -0.135. The Morgan fingerprint density at radius 3 is 2.74 bits per heavy atom. The molecule has 1 aliphatic rings. The first-order chi connectivity index (χ1) is 9.16. The molecule has 0 radical (unpaired) electrons. The summed E-state index contributed by atoms with van der Waals surface area (Å²) in [6, 6.07) is 4.97. The number of nitrogens with one attached hydrogen (secondary N) is 1. The molecule has 0 aliphatic carbocycles. The molecule has 2 N–H and O–H groups in total. The quantitative estimate of drug-likeness (QED) is 0.855. The van der Waals surface area contributed by atoms with Crippen molar-refractivity contribution in [1.82, 2.24) is 5.32 Å². The maximum atomic E-state index is 13.8. The smallest absolute Gasteiger partial charge is 0.317 e. The highest BCUT2D eigenvalue weighted by Gasteiger charge is 2.15. The molecule has 0 bridgehead atoms. The van der Waals surface area contributed by atoms with Gasteiger partial charge in [-0.1, -0.05) is 6.07 Å². The molecule has 0 unspecified atom stereocenters. The second-order valence-corrected chi connectivity index (χ2v) is 4.83. The van der Waals surface area contributed by atoms with Gasteiger partial charge >= 0.3 is 5.97 Å². The van der Waals surface area contributed by atoms with Crippen LogP contribution in [0.1, 0.15) is 24.8 Å². The molecular weight excluding hydrogens is 247 g/mol. The lowest BCUT2D eigenvalue weighted by Crippen LogP contribution is -2.30. The first-order valence-electron chi connectivity index (χ1n) is 6.63. The number of carbonyl (C=O) groups is 1. The van der Waals surface area contributed by atoms with Crippen LogP contribution in [0.3, 0.4) is 0 Å². The number of carboxylic acids is 1. The summed E-state index contributed by atoms with van der Waals surface area (Å²) in [5, 5.41) is 11.4. The fourth-order valence-corrected chi connectivity index (χ4v) is 2.36. The Kier molecular flexibility index (Phi) is 4.74. The van der Waals surface area contributed by atoms with Gasteiger partial charge in [0.25, 0.3) is 0 Å². The Labute approximate surface area is 112 Å². The van der Waals surface area contributed by atoms with E-state index in [1.165, 1.54) is 12.5 Å². The number of hydrogen-bond acceptors (Lipinski definition) is 3. The van der Waals surface area contributed by atoms with Crippen molar-refractivity contribution in [3.8, 4) is 0 Å². The van der Waals surface area contributed by atoms with Gasteiger partial charge in [0.1, 0.15) is 5.82 Å². The van der Waals surface area contributed by atoms with Gasteiger partial charge in [0.15, 0.2) is 0 Å². The van der Waals surface area contributed by atoms with Crippen LogP contribution in [0.4, 0.5) is 10.1 Å². The molecule has 0 aromatic heterocycles. The molecule has 1 aromatic rings. The topological polar surface area (TPSA) is 52.6 Å². The molecule has 0 atom stereocenters. The molecule has 1 aromatic carbocycles. The summed E-state index contributed by atoms with van der Waals surface area (Å²) in [7, 11) is 0. The predicted molar refractivity (Wildman–Crippen MR) is 71.8 cm³/mol. The number of rotatable bonds is 5. The van der Waals surface area contributed by atoms with E-state index < -0.39 is 5.97 Å². The molecule has 4 nitrogen and oxygen atoms in total. The molecule has 19 heavy (non-hydrogen) atoms. The highest BCUT2D eigenvalue weighted by molar-refractivity contribution is 5.69. The average molecular weight is 266 g/mol. The zero-order valence-electron chi connectivity index (χ0n) is 10.9.